The summed E-state index contributed by atoms with van der Waals surface area (Å²) >= 11 is 0. The minimum absolute atomic E-state index is 0.0221. The first kappa shape index (κ1) is 33.3. The second-order valence-electron chi connectivity index (χ2n) is 13.4. The molecule has 0 unspecified atom stereocenters. The highest BCUT2D eigenvalue weighted by atomic mass is 16.1. The van der Waals surface area contributed by atoms with Crippen LogP contribution in [0.25, 0.3) is 72.8 Å². The fourth-order valence-electron chi connectivity index (χ4n) is 7.08. The number of carbonyl (C=O) groups excluding carboxylic acids is 1. The third-order valence-corrected chi connectivity index (χ3v) is 9.96. The Bertz CT molecular complexity index is 2450. The Morgan fingerprint density at radius 3 is 1.04 bits per heavy atom. The average Bonchev–Trinajstić information content (AvgIpc) is 3.24. The lowest BCUT2D eigenvalue weighted by Gasteiger charge is -2.15. The van der Waals surface area contributed by atoms with Crippen LogP contribution < -0.4 is 0 Å². The number of ketones is 1. The molecular formula is C52H38O. The van der Waals surface area contributed by atoms with Gasteiger partial charge in [0, 0.05) is 11.1 Å². The van der Waals surface area contributed by atoms with Crippen molar-refractivity contribution in [2.75, 3.05) is 0 Å². The molecule has 1 heteroatoms. The number of carbonyl (C=O) groups is 1. The molecule has 8 aromatic rings. The lowest BCUT2D eigenvalue weighted by Crippen LogP contribution is -2.06. The summed E-state index contributed by atoms with van der Waals surface area (Å²) in [6.07, 6.45) is 1.78. The van der Waals surface area contributed by atoms with Gasteiger partial charge in [0.05, 0.1) is 0 Å². The van der Waals surface area contributed by atoms with E-state index in [1.54, 1.807) is 6.08 Å². The van der Waals surface area contributed by atoms with Crippen LogP contribution in [0.1, 0.15) is 27.0 Å². The summed E-state index contributed by atoms with van der Waals surface area (Å²) in [5.74, 6) is -0.0221. The molecule has 0 aromatic heterocycles. The average molecular weight is 679 g/mol. The van der Waals surface area contributed by atoms with E-state index in [-0.39, 0.29) is 5.78 Å². The van der Waals surface area contributed by atoms with Gasteiger partial charge in [-0.05, 0) is 133 Å². The van der Waals surface area contributed by atoms with E-state index in [4.69, 9.17) is 0 Å². The minimum atomic E-state index is -0.0221. The smallest absolute Gasteiger partial charge is 0.193 e. The van der Waals surface area contributed by atoms with Crippen molar-refractivity contribution < 1.29 is 4.79 Å². The molecule has 0 spiro atoms. The summed E-state index contributed by atoms with van der Waals surface area (Å²) in [7, 11) is 0. The first-order valence-corrected chi connectivity index (χ1v) is 18.0. The fraction of sp³-hybridized carbons (Fsp3) is 0.0192. The normalized spacial score (nSPS) is 10.9. The molecule has 0 saturated heterocycles. The Morgan fingerprint density at radius 1 is 0.358 bits per heavy atom. The largest absolute Gasteiger partial charge is 0.289 e. The van der Waals surface area contributed by atoms with E-state index in [1.165, 1.54) is 0 Å². The van der Waals surface area contributed by atoms with Crippen LogP contribution in [0, 0.1) is 6.92 Å². The molecule has 8 rings (SSSR count). The van der Waals surface area contributed by atoms with Crippen LogP contribution >= 0.6 is 0 Å². The zero-order valence-electron chi connectivity index (χ0n) is 29.7. The van der Waals surface area contributed by atoms with Crippen molar-refractivity contribution in [2.45, 2.75) is 6.92 Å². The van der Waals surface area contributed by atoms with Gasteiger partial charge in [-0.1, -0.05) is 158 Å². The zero-order chi connectivity index (χ0) is 36.1. The number of hydrogen-bond donors (Lipinski definition) is 0. The molecule has 0 bridgehead atoms. The summed E-state index contributed by atoms with van der Waals surface area (Å²) in [5, 5.41) is 0. The van der Waals surface area contributed by atoms with Crippen LogP contribution in [0.2, 0.25) is 0 Å². The van der Waals surface area contributed by atoms with Crippen LogP contribution in [0.4, 0.5) is 0 Å². The van der Waals surface area contributed by atoms with Crippen molar-refractivity contribution >= 4 is 11.9 Å². The molecule has 0 aliphatic carbocycles. The van der Waals surface area contributed by atoms with E-state index >= 15 is 0 Å². The zero-order valence-corrected chi connectivity index (χ0v) is 29.7. The number of rotatable bonds is 9. The van der Waals surface area contributed by atoms with Crippen LogP contribution in [0.3, 0.4) is 0 Å². The van der Waals surface area contributed by atoms with Crippen molar-refractivity contribution in [3.05, 3.63) is 223 Å². The summed E-state index contributed by atoms with van der Waals surface area (Å²) < 4.78 is 0. The van der Waals surface area contributed by atoms with Crippen LogP contribution in [-0.2, 0) is 0 Å². The third kappa shape index (κ3) is 7.06. The number of benzene rings is 8. The molecule has 53 heavy (non-hydrogen) atoms. The highest BCUT2D eigenvalue weighted by Crippen LogP contribution is 2.36. The molecule has 0 amide bonds. The van der Waals surface area contributed by atoms with Crippen molar-refractivity contribution in [3.8, 4) is 66.8 Å². The minimum Gasteiger partial charge on any atom is -0.289 e. The van der Waals surface area contributed by atoms with Crippen molar-refractivity contribution in [1.82, 2.24) is 0 Å². The molecule has 8 aromatic carbocycles. The maximum Gasteiger partial charge on any atom is 0.193 e. The fourth-order valence-corrected chi connectivity index (χ4v) is 7.08. The van der Waals surface area contributed by atoms with Gasteiger partial charge in [0.2, 0.25) is 0 Å². The van der Waals surface area contributed by atoms with E-state index < -0.39 is 0 Å². The van der Waals surface area contributed by atoms with Gasteiger partial charge in [-0.2, -0.15) is 0 Å². The Morgan fingerprint density at radius 2 is 0.679 bits per heavy atom. The highest BCUT2D eigenvalue weighted by molar-refractivity contribution is 6.13. The summed E-state index contributed by atoms with van der Waals surface area (Å²) in [4.78, 5) is 14.7. The molecule has 0 heterocycles. The maximum atomic E-state index is 14.7. The first-order chi connectivity index (χ1) is 26.0. The molecule has 252 valence electrons. The Balaban J connectivity index is 1.23. The van der Waals surface area contributed by atoms with Gasteiger partial charge in [0.15, 0.2) is 5.78 Å². The SMILES string of the molecule is C=Cc1ccc(-c2cc(-c3ccccc3)cc(-c3ccccc3)c2)cc1C(=O)c1cc(-c2cc(-c3ccccc3)cc(-c3ccccc3)c2)ccc1C. The van der Waals surface area contributed by atoms with Crippen molar-refractivity contribution in [1.29, 1.82) is 0 Å². The van der Waals surface area contributed by atoms with Crippen LogP contribution in [0.15, 0.2) is 201 Å². The van der Waals surface area contributed by atoms with Gasteiger partial charge in [0.1, 0.15) is 0 Å². The van der Waals surface area contributed by atoms with Gasteiger partial charge in [-0.15, -0.1) is 0 Å². The lowest BCUT2D eigenvalue weighted by molar-refractivity contribution is 0.103. The Kier molecular flexibility index (Phi) is 9.30. The summed E-state index contributed by atoms with van der Waals surface area (Å²) in [5.41, 5.74) is 16.2. The van der Waals surface area contributed by atoms with E-state index in [9.17, 15) is 4.79 Å². The molecule has 0 radical (unpaired) electrons. The number of hydrogen-bond acceptors (Lipinski definition) is 1. The predicted octanol–water partition coefficient (Wildman–Crippen LogP) is 13.9. The Hall–Kier alpha value is -6.83. The van der Waals surface area contributed by atoms with Crippen LogP contribution in [0.5, 0.6) is 0 Å². The summed E-state index contributed by atoms with van der Waals surface area (Å²) in [6, 6.07) is 67.5. The molecule has 0 N–H and O–H groups in total. The molecule has 0 atom stereocenters. The molecule has 0 aliphatic heterocycles. The first-order valence-electron chi connectivity index (χ1n) is 18.0. The van der Waals surface area contributed by atoms with Crippen molar-refractivity contribution in [2.24, 2.45) is 0 Å². The van der Waals surface area contributed by atoms with Gasteiger partial charge < -0.3 is 0 Å². The van der Waals surface area contributed by atoms with Gasteiger partial charge in [0.25, 0.3) is 0 Å². The van der Waals surface area contributed by atoms with Gasteiger partial charge in [-0.3, -0.25) is 4.79 Å². The second-order valence-corrected chi connectivity index (χ2v) is 13.4. The standard InChI is InChI=1S/C52H38O/c1-3-37-26-27-43(49-32-46(40-20-12-6-13-21-40)29-47(33-49)41-22-14-7-15-23-41)35-51(37)52(53)50-34-42(25-24-36(50)2)48-30-44(38-16-8-4-9-17-38)28-45(31-48)39-18-10-5-11-19-39/h3-35H,1H2,2H3. The second kappa shape index (κ2) is 14.8. The molecule has 0 fully saturated rings. The van der Waals surface area contributed by atoms with E-state index in [0.717, 1.165) is 77.9 Å². The van der Waals surface area contributed by atoms with Gasteiger partial charge in [-0.25, -0.2) is 0 Å². The van der Waals surface area contributed by atoms with E-state index in [1.807, 2.05) is 43.3 Å². The topological polar surface area (TPSA) is 17.1 Å². The highest BCUT2D eigenvalue weighted by Gasteiger charge is 2.18. The quantitative estimate of drug-likeness (QED) is 0.139. The van der Waals surface area contributed by atoms with Gasteiger partial charge >= 0.3 is 0 Å². The molecule has 0 aliphatic rings. The Labute approximate surface area is 312 Å². The molecular weight excluding hydrogens is 641 g/mol. The van der Waals surface area contributed by atoms with Crippen molar-refractivity contribution in [3.63, 3.8) is 0 Å². The monoisotopic (exact) mass is 678 g/mol. The third-order valence-electron chi connectivity index (χ3n) is 9.96. The van der Waals surface area contributed by atoms with Crippen LogP contribution in [-0.4, -0.2) is 5.78 Å². The number of aryl methyl sites for hydroxylation is 1. The van der Waals surface area contributed by atoms with E-state index in [0.29, 0.717) is 11.1 Å². The molecule has 1 nitrogen and oxygen atoms in total. The summed E-state index contributed by atoms with van der Waals surface area (Å²) in [6.45, 7) is 6.10. The maximum absolute atomic E-state index is 14.7. The molecule has 0 saturated carbocycles. The van der Waals surface area contributed by atoms with E-state index in [2.05, 4.69) is 164 Å². The predicted molar refractivity (Wildman–Crippen MR) is 224 cm³/mol. The lowest BCUT2D eigenvalue weighted by atomic mass is 9.88.